The summed E-state index contributed by atoms with van der Waals surface area (Å²) < 4.78 is 13.8. The van der Waals surface area contributed by atoms with E-state index in [9.17, 15) is 9.00 Å². The highest BCUT2D eigenvalue weighted by molar-refractivity contribution is 7.85. The predicted octanol–water partition coefficient (Wildman–Crippen LogP) is 1.70. The molecule has 5 nitrogen and oxygen atoms in total. The lowest BCUT2D eigenvalue weighted by Crippen LogP contribution is -2.09. The van der Waals surface area contributed by atoms with E-state index < -0.39 is 16.8 Å². The Morgan fingerprint density at radius 3 is 2.89 bits per heavy atom. The maximum absolute atomic E-state index is 12.1. The first kappa shape index (κ1) is 13.5. The summed E-state index contributed by atoms with van der Waals surface area (Å²) in [5, 5.41) is 13.1. The molecule has 0 fully saturated rings. The summed E-state index contributed by atoms with van der Waals surface area (Å²) in [5.74, 6) is -0.590. The molecule has 1 aromatic heterocycles. The van der Waals surface area contributed by atoms with Crippen molar-refractivity contribution in [2.24, 2.45) is 0 Å². The van der Waals surface area contributed by atoms with E-state index in [1.807, 2.05) is 0 Å². The van der Waals surface area contributed by atoms with Crippen LogP contribution in [0.15, 0.2) is 41.6 Å². The zero-order chi connectivity index (χ0) is 13.8. The van der Waals surface area contributed by atoms with Gasteiger partial charge in [-0.3, -0.25) is 8.89 Å². The summed E-state index contributed by atoms with van der Waals surface area (Å²) in [4.78, 5) is 11.6. The summed E-state index contributed by atoms with van der Waals surface area (Å²) in [6, 6.07) is 6.68. The van der Waals surface area contributed by atoms with Crippen LogP contribution in [0.3, 0.4) is 0 Å². The van der Waals surface area contributed by atoms with Crippen molar-refractivity contribution in [3.05, 3.63) is 47.8 Å². The number of aryl methyl sites for hydroxylation is 2. The highest BCUT2D eigenvalue weighted by atomic mass is 32.2. The van der Waals surface area contributed by atoms with Crippen LogP contribution < -0.4 is 0 Å². The molecule has 6 heteroatoms. The minimum Gasteiger partial charge on any atom is -0.478 e. The number of hydrogen-bond acceptors (Lipinski definition) is 3. The van der Waals surface area contributed by atoms with Gasteiger partial charge in [-0.05, 0) is 30.7 Å². The van der Waals surface area contributed by atoms with Crippen molar-refractivity contribution >= 4 is 16.8 Å². The van der Waals surface area contributed by atoms with Crippen molar-refractivity contribution < 1.29 is 14.1 Å². The van der Waals surface area contributed by atoms with Gasteiger partial charge in [0.05, 0.1) is 22.9 Å². The molecule has 0 aliphatic carbocycles. The van der Waals surface area contributed by atoms with E-state index in [0.29, 0.717) is 22.8 Å². The fourth-order valence-electron chi connectivity index (χ4n) is 1.70. The van der Waals surface area contributed by atoms with Gasteiger partial charge in [0.25, 0.3) is 0 Å². The number of carbonyl (C=O) groups is 1. The van der Waals surface area contributed by atoms with Crippen LogP contribution in [0.4, 0.5) is 0 Å². The number of hydrogen-bond donors (Lipinski definition) is 1. The first-order chi connectivity index (χ1) is 9.08. The van der Waals surface area contributed by atoms with E-state index in [1.54, 1.807) is 42.2 Å². The molecule has 100 valence electrons. The standard InChI is InChI=1S/C13H14N2O3S/c1-10-3-4-11(9-12(10)13(16)17)19(18)8-7-15-6-2-5-14-15/h2-6,9H,7-8H2,1H3,(H,16,17). The first-order valence-corrected chi connectivity index (χ1v) is 7.09. The number of aromatic carboxylic acids is 1. The second-order valence-electron chi connectivity index (χ2n) is 4.10. The molecule has 0 saturated heterocycles. The van der Waals surface area contributed by atoms with Gasteiger partial charge in [-0.1, -0.05) is 6.07 Å². The Labute approximate surface area is 113 Å². The summed E-state index contributed by atoms with van der Waals surface area (Å²) in [7, 11) is -1.23. The lowest BCUT2D eigenvalue weighted by Gasteiger charge is -2.06. The van der Waals surface area contributed by atoms with E-state index >= 15 is 0 Å². The van der Waals surface area contributed by atoms with Crippen molar-refractivity contribution in [3.8, 4) is 0 Å². The summed E-state index contributed by atoms with van der Waals surface area (Å²) in [5.41, 5.74) is 0.866. The van der Waals surface area contributed by atoms with Gasteiger partial charge in [0, 0.05) is 23.0 Å². The van der Waals surface area contributed by atoms with Gasteiger partial charge in [0.1, 0.15) is 0 Å². The van der Waals surface area contributed by atoms with Gasteiger partial charge in [0.2, 0.25) is 0 Å². The molecule has 1 aromatic carbocycles. The Hall–Kier alpha value is -1.95. The molecule has 1 heterocycles. The second kappa shape index (κ2) is 5.79. The Morgan fingerprint density at radius 1 is 1.47 bits per heavy atom. The molecular weight excluding hydrogens is 264 g/mol. The molecule has 2 rings (SSSR count). The third-order valence-corrected chi connectivity index (χ3v) is 4.10. The number of rotatable bonds is 5. The van der Waals surface area contributed by atoms with Crippen LogP contribution in [0.5, 0.6) is 0 Å². The SMILES string of the molecule is Cc1ccc(S(=O)CCn2cccn2)cc1C(=O)O. The number of benzene rings is 1. The fraction of sp³-hybridized carbons (Fsp3) is 0.231. The van der Waals surface area contributed by atoms with Crippen molar-refractivity contribution in [3.63, 3.8) is 0 Å². The van der Waals surface area contributed by atoms with Crippen LogP contribution in [0.2, 0.25) is 0 Å². The molecule has 1 atom stereocenters. The molecule has 0 bridgehead atoms. The lowest BCUT2D eigenvalue weighted by molar-refractivity contribution is 0.0696. The van der Waals surface area contributed by atoms with E-state index in [0.717, 1.165) is 0 Å². The summed E-state index contributed by atoms with van der Waals surface area (Å²) >= 11 is 0. The largest absolute Gasteiger partial charge is 0.478 e. The quantitative estimate of drug-likeness (QED) is 0.903. The van der Waals surface area contributed by atoms with Crippen LogP contribution in [0, 0.1) is 6.92 Å². The Bertz CT molecular complexity index is 608. The smallest absolute Gasteiger partial charge is 0.335 e. The average Bonchev–Trinajstić information content (AvgIpc) is 2.89. The fourth-order valence-corrected chi connectivity index (χ4v) is 2.76. The van der Waals surface area contributed by atoms with Crippen LogP contribution in [-0.2, 0) is 17.3 Å². The minimum absolute atomic E-state index is 0.199. The van der Waals surface area contributed by atoms with Crippen molar-refractivity contribution in [2.45, 2.75) is 18.4 Å². The van der Waals surface area contributed by atoms with Crippen LogP contribution in [0.1, 0.15) is 15.9 Å². The Balaban J connectivity index is 2.11. The number of nitrogens with zero attached hydrogens (tertiary/aromatic N) is 2. The summed E-state index contributed by atoms with van der Waals surface area (Å²) in [6.07, 6.45) is 3.46. The van der Waals surface area contributed by atoms with Gasteiger partial charge >= 0.3 is 5.97 Å². The van der Waals surface area contributed by atoms with Crippen molar-refractivity contribution in [1.29, 1.82) is 0 Å². The number of carboxylic acid groups (broad SMARTS) is 1. The zero-order valence-corrected chi connectivity index (χ0v) is 11.3. The molecule has 0 saturated carbocycles. The topological polar surface area (TPSA) is 72.2 Å². The highest BCUT2D eigenvalue weighted by Gasteiger charge is 2.11. The maximum atomic E-state index is 12.1. The Kier molecular flexibility index (Phi) is 4.11. The molecule has 0 spiro atoms. The van der Waals surface area contributed by atoms with Gasteiger partial charge in [-0.25, -0.2) is 4.79 Å². The molecule has 0 amide bonds. The normalized spacial score (nSPS) is 12.3. The van der Waals surface area contributed by atoms with Crippen LogP contribution in [0.25, 0.3) is 0 Å². The lowest BCUT2D eigenvalue weighted by atomic mass is 10.1. The maximum Gasteiger partial charge on any atom is 0.335 e. The van der Waals surface area contributed by atoms with Crippen LogP contribution >= 0.6 is 0 Å². The number of aromatic nitrogens is 2. The van der Waals surface area contributed by atoms with Gasteiger partial charge in [0.15, 0.2) is 0 Å². The Morgan fingerprint density at radius 2 is 2.26 bits per heavy atom. The van der Waals surface area contributed by atoms with Gasteiger partial charge < -0.3 is 5.11 Å². The zero-order valence-electron chi connectivity index (χ0n) is 10.4. The molecule has 19 heavy (non-hydrogen) atoms. The average molecular weight is 278 g/mol. The molecule has 1 N–H and O–H groups in total. The third-order valence-electron chi connectivity index (χ3n) is 2.77. The summed E-state index contributed by atoms with van der Waals surface area (Å²) in [6.45, 7) is 2.26. The van der Waals surface area contributed by atoms with E-state index in [2.05, 4.69) is 5.10 Å². The van der Waals surface area contributed by atoms with E-state index in [-0.39, 0.29) is 5.56 Å². The monoisotopic (exact) mass is 278 g/mol. The molecule has 0 radical (unpaired) electrons. The highest BCUT2D eigenvalue weighted by Crippen LogP contribution is 2.14. The first-order valence-electron chi connectivity index (χ1n) is 5.77. The number of carboxylic acids is 1. The van der Waals surface area contributed by atoms with E-state index in [1.165, 1.54) is 6.07 Å². The predicted molar refractivity (Wildman–Crippen MR) is 71.6 cm³/mol. The van der Waals surface area contributed by atoms with Gasteiger partial charge in [-0.2, -0.15) is 5.10 Å². The third kappa shape index (κ3) is 3.29. The van der Waals surface area contributed by atoms with Crippen molar-refractivity contribution in [1.82, 2.24) is 9.78 Å². The molecule has 2 aromatic rings. The van der Waals surface area contributed by atoms with E-state index in [4.69, 9.17) is 5.11 Å². The van der Waals surface area contributed by atoms with Crippen LogP contribution in [-0.4, -0.2) is 30.8 Å². The molecular formula is C13H14N2O3S. The van der Waals surface area contributed by atoms with Gasteiger partial charge in [-0.15, -0.1) is 0 Å². The molecule has 0 aliphatic heterocycles. The molecule has 0 aliphatic rings. The van der Waals surface area contributed by atoms with Crippen molar-refractivity contribution in [2.75, 3.05) is 5.75 Å². The second-order valence-corrected chi connectivity index (χ2v) is 5.67. The minimum atomic E-state index is -1.23. The molecule has 1 unspecified atom stereocenters.